The molecule has 0 unspecified atom stereocenters. The third kappa shape index (κ3) is 3.53. The molecule has 19 heavy (non-hydrogen) atoms. The third-order valence-electron chi connectivity index (χ3n) is 3.40. The molecule has 5 nitrogen and oxygen atoms in total. The van der Waals surface area contributed by atoms with Gasteiger partial charge in [-0.3, -0.25) is 9.78 Å². The number of hydrogen-bond donors (Lipinski definition) is 1. The molecule has 1 aliphatic rings. The minimum absolute atomic E-state index is 0.269. The van der Waals surface area contributed by atoms with Gasteiger partial charge in [-0.15, -0.1) is 0 Å². The van der Waals surface area contributed by atoms with Crippen molar-refractivity contribution in [3.63, 3.8) is 0 Å². The highest BCUT2D eigenvalue weighted by Crippen LogP contribution is 2.23. The van der Waals surface area contributed by atoms with Crippen LogP contribution >= 0.6 is 0 Å². The largest absolute Gasteiger partial charge is 0.268 e. The normalized spacial score (nSPS) is 17.1. The number of carbonyl (C=O) groups excluding carboxylic acids is 1. The SMILES string of the molecule is Cc1ccc(C(=O)NS(=O)(=O)C2CCCCC2)cn1. The summed E-state index contributed by atoms with van der Waals surface area (Å²) in [5.41, 5.74) is 1.05. The van der Waals surface area contributed by atoms with Gasteiger partial charge < -0.3 is 0 Å². The molecule has 1 heterocycles. The number of sulfonamides is 1. The van der Waals surface area contributed by atoms with Gasteiger partial charge in [0.15, 0.2) is 0 Å². The van der Waals surface area contributed by atoms with Crippen molar-refractivity contribution >= 4 is 15.9 Å². The molecule has 1 fully saturated rings. The lowest BCUT2D eigenvalue weighted by Gasteiger charge is -2.21. The lowest BCUT2D eigenvalue weighted by Crippen LogP contribution is -2.39. The summed E-state index contributed by atoms with van der Waals surface area (Å²) in [4.78, 5) is 15.9. The van der Waals surface area contributed by atoms with E-state index in [2.05, 4.69) is 9.71 Å². The van der Waals surface area contributed by atoms with Crippen molar-refractivity contribution in [3.05, 3.63) is 29.6 Å². The predicted octanol–water partition coefficient (Wildman–Crippen LogP) is 1.78. The van der Waals surface area contributed by atoms with Crippen LogP contribution in [0.25, 0.3) is 0 Å². The third-order valence-corrected chi connectivity index (χ3v) is 5.22. The molecule has 1 aromatic heterocycles. The number of amides is 1. The highest BCUT2D eigenvalue weighted by atomic mass is 32.2. The van der Waals surface area contributed by atoms with Crippen molar-refractivity contribution in [2.24, 2.45) is 0 Å². The molecular weight excluding hydrogens is 264 g/mol. The van der Waals surface area contributed by atoms with Gasteiger partial charge in [-0.1, -0.05) is 19.3 Å². The molecular formula is C13H18N2O3S. The van der Waals surface area contributed by atoms with E-state index in [4.69, 9.17) is 0 Å². The molecule has 1 aromatic rings. The maximum atomic E-state index is 12.1. The molecule has 0 aromatic carbocycles. The summed E-state index contributed by atoms with van der Waals surface area (Å²) < 4.78 is 26.3. The molecule has 1 amide bonds. The van der Waals surface area contributed by atoms with Crippen molar-refractivity contribution in [1.82, 2.24) is 9.71 Å². The molecule has 0 spiro atoms. The average Bonchev–Trinajstić information content (AvgIpc) is 2.40. The summed E-state index contributed by atoms with van der Waals surface area (Å²) in [5.74, 6) is -0.599. The van der Waals surface area contributed by atoms with E-state index >= 15 is 0 Å². The Labute approximate surface area is 113 Å². The minimum Gasteiger partial charge on any atom is -0.268 e. The smallest absolute Gasteiger partial charge is 0.266 e. The van der Waals surface area contributed by atoms with Crippen LogP contribution in [0.15, 0.2) is 18.3 Å². The van der Waals surface area contributed by atoms with Gasteiger partial charge in [0.2, 0.25) is 10.0 Å². The molecule has 0 radical (unpaired) electrons. The fraction of sp³-hybridized carbons (Fsp3) is 0.538. The second-order valence-electron chi connectivity index (χ2n) is 4.92. The molecule has 0 bridgehead atoms. The molecule has 1 aliphatic carbocycles. The molecule has 0 atom stereocenters. The van der Waals surface area contributed by atoms with Crippen LogP contribution in [0.5, 0.6) is 0 Å². The van der Waals surface area contributed by atoms with Gasteiger partial charge in [0.25, 0.3) is 5.91 Å². The first kappa shape index (κ1) is 14.0. The minimum atomic E-state index is -3.57. The average molecular weight is 282 g/mol. The zero-order valence-corrected chi connectivity index (χ0v) is 11.7. The quantitative estimate of drug-likeness (QED) is 0.917. The standard InChI is InChI=1S/C13H18N2O3S/c1-10-7-8-11(9-14-10)13(16)15-19(17,18)12-5-3-2-4-6-12/h7-9,12H,2-6H2,1H3,(H,15,16). The first-order valence-corrected chi connectivity index (χ1v) is 8.02. The second kappa shape index (κ2) is 5.69. The van der Waals surface area contributed by atoms with Gasteiger partial charge in [-0.2, -0.15) is 0 Å². The number of aromatic nitrogens is 1. The van der Waals surface area contributed by atoms with Gasteiger partial charge in [0.1, 0.15) is 0 Å². The Bertz CT molecular complexity index is 546. The number of hydrogen-bond acceptors (Lipinski definition) is 4. The van der Waals surface area contributed by atoms with Crippen LogP contribution in [-0.4, -0.2) is 24.6 Å². The summed E-state index contributed by atoms with van der Waals surface area (Å²) in [6.45, 7) is 1.81. The summed E-state index contributed by atoms with van der Waals surface area (Å²) in [7, 11) is -3.57. The Morgan fingerprint density at radius 2 is 1.95 bits per heavy atom. The fourth-order valence-corrected chi connectivity index (χ4v) is 3.75. The number of aryl methyl sites for hydroxylation is 1. The van der Waals surface area contributed by atoms with E-state index in [1.54, 1.807) is 19.1 Å². The molecule has 2 rings (SSSR count). The summed E-state index contributed by atoms with van der Waals surface area (Å²) >= 11 is 0. The lowest BCUT2D eigenvalue weighted by molar-refractivity contribution is 0.0980. The van der Waals surface area contributed by atoms with Crippen molar-refractivity contribution in [2.75, 3.05) is 0 Å². The van der Waals surface area contributed by atoms with Gasteiger partial charge in [-0.05, 0) is 31.9 Å². The van der Waals surface area contributed by atoms with E-state index in [0.29, 0.717) is 12.8 Å². The zero-order valence-electron chi connectivity index (χ0n) is 10.9. The number of rotatable bonds is 3. The van der Waals surface area contributed by atoms with E-state index in [-0.39, 0.29) is 5.56 Å². The van der Waals surface area contributed by atoms with E-state index in [9.17, 15) is 13.2 Å². The van der Waals surface area contributed by atoms with Crippen LogP contribution in [-0.2, 0) is 10.0 Å². The van der Waals surface area contributed by atoms with E-state index in [1.807, 2.05) is 0 Å². The maximum absolute atomic E-state index is 12.1. The predicted molar refractivity (Wildman–Crippen MR) is 72.2 cm³/mol. The highest BCUT2D eigenvalue weighted by molar-refractivity contribution is 7.90. The summed E-state index contributed by atoms with van der Waals surface area (Å²) in [6, 6.07) is 3.26. The number of nitrogens with one attached hydrogen (secondary N) is 1. The van der Waals surface area contributed by atoms with Crippen molar-refractivity contribution < 1.29 is 13.2 Å². The van der Waals surface area contributed by atoms with Gasteiger partial charge in [0.05, 0.1) is 10.8 Å². The van der Waals surface area contributed by atoms with E-state index in [1.165, 1.54) is 6.20 Å². The zero-order chi connectivity index (χ0) is 13.9. The van der Waals surface area contributed by atoms with Gasteiger partial charge in [-0.25, -0.2) is 13.1 Å². The Morgan fingerprint density at radius 3 is 2.53 bits per heavy atom. The van der Waals surface area contributed by atoms with Crippen molar-refractivity contribution in [2.45, 2.75) is 44.3 Å². The monoisotopic (exact) mass is 282 g/mol. The molecule has 104 valence electrons. The Balaban J connectivity index is 2.07. The highest BCUT2D eigenvalue weighted by Gasteiger charge is 2.29. The first-order chi connectivity index (χ1) is 8.99. The maximum Gasteiger partial charge on any atom is 0.266 e. The lowest BCUT2D eigenvalue weighted by atomic mass is 10.0. The molecule has 0 saturated heterocycles. The number of nitrogens with zero attached hydrogens (tertiary/aromatic N) is 1. The molecule has 6 heteroatoms. The summed E-state index contributed by atoms with van der Waals surface area (Å²) in [5, 5.41) is -0.441. The molecule has 0 aliphatic heterocycles. The molecule has 1 N–H and O–H groups in total. The Kier molecular flexibility index (Phi) is 4.19. The van der Waals surface area contributed by atoms with E-state index in [0.717, 1.165) is 25.0 Å². The van der Waals surface area contributed by atoms with Crippen LogP contribution in [0.2, 0.25) is 0 Å². The van der Waals surface area contributed by atoms with Crippen LogP contribution in [0.4, 0.5) is 0 Å². The van der Waals surface area contributed by atoms with Crippen LogP contribution < -0.4 is 4.72 Å². The fourth-order valence-electron chi connectivity index (χ4n) is 2.25. The van der Waals surface area contributed by atoms with Crippen LogP contribution in [0.1, 0.15) is 48.2 Å². The van der Waals surface area contributed by atoms with Crippen LogP contribution in [0, 0.1) is 6.92 Å². The number of pyridine rings is 1. The van der Waals surface area contributed by atoms with Gasteiger partial charge in [0, 0.05) is 11.9 Å². The Morgan fingerprint density at radius 1 is 1.26 bits per heavy atom. The topological polar surface area (TPSA) is 76.1 Å². The van der Waals surface area contributed by atoms with Gasteiger partial charge >= 0.3 is 0 Å². The van der Waals surface area contributed by atoms with E-state index < -0.39 is 21.2 Å². The Hall–Kier alpha value is -1.43. The molecule has 1 saturated carbocycles. The van der Waals surface area contributed by atoms with Crippen molar-refractivity contribution in [3.8, 4) is 0 Å². The first-order valence-electron chi connectivity index (χ1n) is 6.47. The van der Waals surface area contributed by atoms with Crippen molar-refractivity contribution in [1.29, 1.82) is 0 Å². The van der Waals surface area contributed by atoms with Crippen LogP contribution in [0.3, 0.4) is 0 Å². The summed E-state index contributed by atoms with van der Waals surface area (Å²) in [6.07, 6.45) is 5.55. The number of carbonyl (C=O) groups is 1. The second-order valence-corrected chi connectivity index (χ2v) is 6.89.